The molecule has 0 radical (unpaired) electrons. The summed E-state index contributed by atoms with van der Waals surface area (Å²) in [6.07, 6.45) is 0.197. The van der Waals surface area contributed by atoms with E-state index in [9.17, 15) is 9.59 Å². The molecule has 0 fully saturated rings. The van der Waals surface area contributed by atoms with Crippen molar-refractivity contribution in [2.75, 3.05) is 0 Å². The quantitative estimate of drug-likeness (QED) is 0.209. The molecule has 0 saturated carbocycles. The summed E-state index contributed by atoms with van der Waals surface area (Å²) in [7, 11) is 0. The third kappa shape index (κ3) is 1.70. The third-order valence-corrected chi connectivity index (χ3v) is 0.705. The van der Waals surface area contributed by atoms with Gasteiger partial charge in [-0.3, -0.25) is 15.0 Å². The molecule has 0 unspecified atom stereocenters. The third-order valence-electron chi connectivity index (χ3n) is 0.705. The van der Waals surface area contributed by atoms with Crippen molar-refractivity contribution in [2.45, 2.75) is 13.3 Å². The molecule has 0 aliphatic carbocycles. The highest BCUT2D eigenvalue weighted by Crippen LogP contribution is 1.76. The van der Waals surface area contributed by atoms with Gasteiger partial charge >= 0.3 is 5.91 Å². The summed E-state index contributed by atoms with van der Waals surface area (Å²) in [4.78, 5) is 20.4. The standard InChI is InChI=1S/C4H8N2O2/c1-2-3(7)4(8)6-5/h2,5H2,1H3,(H,6,8). The number of hydrazine groups is 1. The van der Waals surface area contributed by atoms with Gasteiger partial charge in [0.1, 0.15) is 0 Å². The summed E-state index contributed by atoms with van der Waals surface area (Å²) >= 11 is 0. The Morgan fingerprint density at radius 3 is 2.25 bits per heavy atom. The van der Waals surface area contributed by atoms with E-state index in [0.29, 0.717) is 0 Å². The number of nitrogens with two attached hydrogens (primary N) is 1. The largest absolute Gasteiger partial charge is 0.301 e. The predicted molar refractivity (Wildman–Crippen MR) is 27.6 cm³/mol. The van der Waals surface area contributed by atoms with Gasteiger partial charge in [-0.1, -0.05) is 6.92 Å². The van der Waals surface area contributed by atoms with Crippen LogP contribution >= 0.6 is 0 Å². The van der Waals surface area contributed by atoms with Gasteiger partial charge in [0, 0.05) is 6.42 Å². The summed E-state index contributed by atoms with van der Waals surface area (Å²) in [5.41, 5.74) is 1.73. The van der Waals surface area contributed by atoms with Crippen LogP contribution < -0.4 is 11.3 Å². The second-order valence-corrected chi connectivity index (χ2v) is 1.25. The van der Waals surface area contributed by atoms with Crippen LogP contribution in [0.4, 0.5) is 0 Å². The molecule has 0 bridgehead atoms. The first-order valence-electron chi connectivity index (χ1n) is 2.26. The molecule has 46 valence electrons. The van der Waals surface area contributed by atoms with E-state index in [1.54, 1.807) is 12.3 Å². The lowest BCUT2D eigenvalue weighted by Gasteiger charge is -1.90. The molecule has 0 aromatic carbocycles. The maximum Gasteiger partial charge on any atom is 0.301 e. The zero-order valence-corrected chi connectivity index (χ0v) is 4.60. The van der Waals surface area contributed by atoms with Crippen molar-refractivity contribution in [1.82, 2.24) is 5.43 Å². The molecular weight excluding hydrogens is 108 g/mol. The van der Waals surface area contributed by atoms with Crippen molar-refractivity contribution in [2.24, 2.45) is 5.84 Å². The van der Waals surface area contributed by atoms with Gasteiger partial charge in [0.2, 0.25) is 5.78 Å². The first-order valence-corrected chi connectivity index (χ1v) is 2.26. The molecule has 0 atom stereocenters. The van der Waals surface area contributed by atoms with Gasteiger partial charge in [-0.05, 0) is 0 Å². The fraction of sp³-hybridized carbons (Fsp3) is 0.500. The molecule has 0 aromatic heterocycles. The summed E-state index contributed by atoms with van der Waals surface area (Å²) in [5.74, 6) is 3.41. The molecule has 8 heavy (non-hydrogen) atoms. The molecule has 0 aromatic rings. The van der Waals surface area contributed by atoms with Gasteiger partial charge in [-0.2, -0.15) is 0 Å². The van der Waals surface area contributed by atoms with Crippen LogP contribution in [0.15, 0.2) is 0 Å². The van der Waals surface area contributed by atoms with E-state index in [0.717, 1.165) is 0 Å². The number of rotatable bonds is 2. The molecule has 4 heteroatoms. The van der Waals surface area contributed by atoms with Crippen molar-refractivity contribution in [3.63, 3.8) is 0 Å². The summed E-state index contributed by atoms with van der Waals surface area (Å²) in [5, 5.41) is 0. The molecule has 1 amide bonds. The first-order chi connectivity index (χ1) is 3.72. The Kier molecular flexibility index (Phi) is 2.79. The minimum atomic E-state index is -0.729. The Labute approximate surface area is 47.0 Å². The number of hydrogen-bond donors (Lipinski definition) is 2. The van der Waals surface area contributed by atoms with Crippen LogP contribution in [0, 0.1) is 0 Å². The highest BCUT2D eigenvalue weighted by Gasteiger charge is 2.06. The molecule has 0 heterocycles. The van der Waals surface area contributed by atoms with Gasteiger partial charge in [-0.15, -0.1) is 0 Å². The Balaban J connectivity index is 3.64. The van der Waals surface area contributed by atoms with Gasteiger partial charge in [0.05, 0.1) is 0 Å². The van der Waals surface area contributed by atoms with Crippen LogP contribution in [0.1, 0.15) is 13.3 Å². The smallest absolute Gasteiger partial charge is 0.289 e. The summed E-state index contributed by atoms with van der Waals surface area (Å²) < 4.78 is 0. The molecule has 0 aliphatic heterocycles. The zero-order valence-electron chi connectivity index (χ0n) is 4.60. The Hall–Kier alpha value is -0.900. The lowest BCUT2D eigenvalue weighted by atomic mass is 10.3. The maximum atomic E-state index is 10.3. The normalized spacial score (nSPS) is 8.25. The molecule has 3 N–H and O–H groups in total. The number of carbonyl (C=O) groups is 2. The average molecular weight is 116 g/mol. The van der Waals surface area contributed by atoms with E-state index in [4.69, 9.17) is 0 Å². The highest BCUT2D eigenvalue weighted by atomic mass is 16.2. The molecule has 0 saturated heterocycles. The number of amides is 1. The number of Topliss-reactive ketones (excluding diaryl/α,β-unsaturated/α-hetero) is 1. The monoisotopic (exact) mass is 116 g/mol. The van der Waals surface area contributed by atoms with Crippen LogP contribution in [-0.4, -0.2) is 11.7 Å². The van der Waals surface area contributed by atoms with Gasteiger partial charge < -0.3 is 0 Å². The molecule has 0 aliphatic rings. The van der Waals surface area contributed by atoms with Crippen LogP contribution in [0.2, 0.25) is 0 Å². The van der Waals surface area contributed by atoms with Gasteiger partial charge in [-0.25, -0.2) is 5.84 Å². The van der Waals surface area contributed by atoms with Crippen molar-refractivity contribution in [3.8, 4) is 0 Å². The van der Waals surface area contributed by atoms with Crippen LogP contribution in [0.5, 0.6) is 0 Å². The predicted octanol–water partition coefficient (Wildman–Crippen LogP) is -1.04. The van der Waals surface area contributed by atoms with Crippen LogP contribution in [0.3, 0.4) is 0 Å². The van der Waals surface area contributed by atoms with E-state index in [2.05, 4.69) is 5.84 Å². The molecule has 0 rings (SSSR count). The van der Waals surface area contributed by atoms with Crippen molar-refractivity contribution < 1.29 is 9.59 Å². The lowest BCUT2D eigenvalue weighted by molar-refractivity contribution is -0.137. The second kappa shape index (κ2) is 3.15. The van der Waals surface area contributed by atoms with Gasteiger partial charge in [0.15, 0.2) is 0 Å². The van der Waals surface area contributed by atoms with Crippen molar-refractivity contribution in [3.05, 3.63) is 0 Å². The topological polar surface area (TPSA) is 72.2 Å². The van der Waals surface area contributed by atoms with E-state index < -0.39 is 11.7 Å². The minimum absolute atomic E-state index is 0.197. The average Bonchev–Trinajstić information content (AvgIpc) is 1.84. The minimum Gasteiger partial charge on any atom is -0.289 e. The van der Waals surface area contributed by atoms with Crippen LogP contribution in [0.25, 0.3) is 0 Å². The molecule has 0 spiro atoms. The number of nitrogens with one attached hydrogen (secondary N) is 1. The highest BCUT2D eigenvalue weighted by molar-refractivity contribution is 6.35. The summed E-state index contributed by atoms with van der Waals surface area (Å²) in [6.45, 7) is 1.59. The Morgan fingerprint density at radius 1 is 1.62 bits per heavy atom. The fourth-order valence-corrected chi connectivity index (χ4v) is 0.241. The lowest BCUT2D eigenvalue weighted by Crippen LogP contribution is -2.35. The summed E-state index contributed by atoms with van der Waals surface area (Å²) in [6, 6.07) is 0. The van der Waals surface area contributed by atoms with E-state index in [1.165, 1.54) is 0 Å². The fourth-order valence-electron chi connectivity index (χ4n) is 0.241. The van der Waals surface area contributed by atoms with Crippen LogP contribution in [-0.2, 0) is 9.59 Å². The van der Waals surface area contributed by atoms with E-state index >= 15 is 0 Å². The first kappa shape index (κ1) is 7.10. The van der Waals surface area contributed by atoms with E-state index in [-0.39, 0.29) is 6.42 Å². The Morgan fingerprint density at radius 2 is 2.12 bits per heavy atom. The second-order valence-electron chi connectivity index (χ2n) is 1.25. The van der Waals surface area contributed by atoms with Crippen molar-refractivity contribution >= 4 is 11.7 Å². The zero-order chi connectivity index (χ0) is 6.57. The SMILES string of the molecule is CCC(=O)C(=O)NN. The van der Waals surface area contributed by atoms with Gasteiger partial charge in [0.25, 0.3) is 0 Å². The number of ketones is 1. The van der Waals surface area contributed by atoms with E-state index in [1.807, 2.05) is 0 Å². The number of hydrogen-bond acceptors (Lipinski definition) is 3. The maximum absolute atomic E-state index is 10.3. The van der Waals surface area contributed by atoms with Crippen molar-refractivity contribution in [1.29, 1.82) is 0 Å². The Bertz CT molecular complexity index is 96.6. The molecule has 4 nitrogen and oxygen atoms in total. The molecular formula is C4H8N2O2. The number of carbonyl (C=O) groups excluding carboxylic acids is 2.